The van der Waals surface area contributed by atoms with E-state index in [1.807, 2.05) is 0 Å². The zero-order valence-electron chi connectivity index (χ0n) is 14.2. The molecular formula is C16H16F5IO4. The van der Waals surface area contributed by atoms with Crippen molar-refractivity contribution < 1.29 is 41.0 Å². The first-order valence-corrected chi connectivity index (χ1v) is 8.52. The molecule has 1 heterocycles. The topological polar surface area (TPSA) is 44.8 Å². The standard InChI is InChI=1S/C16H16F5IO4/c1-6-9(7-5-8(22)10(17)11(18)12(7)24-3)13(14(23)25-4)26-15(6,2)16(19,20)21/h5-6,9,13H,1-4H3/t6-,9-,13-,15-/m0/s1. The predicted octanol–water partition coefficient (Wildman–Crippen LogP) is 4.19. The molecule has 1 saturated heterocycles. The van der Waals surface area contributed by atoms with Crippen molar-refractivity contribution in [3.05, 3.63) is 26.8 Å². The second-order valence-electron chi connectivity index (χ2n) is 6.09. The third kappa shape index (κ3) is 3.14. The summed E-state index contributed by atoms with van der Waals surface area (Å²) in [5.41, 5.74) is -2.77. The van der Waals surface area contributed by atoms with Crippen LogP contribution in [0.15, 0.2) is 6.07 Å². The number of halogens is 6. The number of alkyl halides is 3. The van der Waals surface area contributed by atoms with Crippen molar-refractivity contribution in [2.24, 2.45) is 5.92 Å². The first kappa shape index (κ1) is 21.1. The number of hydrogen-bond acceptors (Lipinski definition) is 4. The maximum atomic E-state index is 14.3. The molecule has 1 aliphatic rings. The van der Waals surface area contributed by atoms with Gasteiger partial charge in [0.15, 0.2) is 23.3 Å². The van der Waals surface area contributed by atoms with E-state index in [-0.39, 0.29) is 9.13 Å². The van der Waals surface area contributed by atoms with E-state index in [2.05, 4.69) is 4.74 Å². The predicted molar refractivity (Wildman–Crippen MR) is 88.9 cm³/mol. The molecule has 10 heteroatoms. The molecule has 2 rings (SSSR count). The normalized spacial score (nSPS) is 28.9. The third-order valence-electron chi connectivity index (χ3n) is 4.81. The largest absolute Gasteiger partial charge is 0.493 e. The molecular weight excluding hydrogens is 478 g/mol. The lowest BCUT2D eigenvalue weighted by Crippen LogP contribution is -2.47. The smallest absolute Gasteiger partial charge is 0.417 e. The molecule has 26 heavy (non-hydrogen) atoms. The molecule has 0 aliphatic carbocycles. The number of ether oxygens (including phenoxy) is 3. The van der Waals surface area contributed by atoms with Crippen LogP contribution in [0.4, 0.5) is 22.0 Å². The summed E-state index contributed by atoms with van der Waals surface area (Å²) < 4.78 is 83.2. The molecule has 146 valence electrons. The maximum Gasteiger partial charge on any atom is 0.417 e. The quantitative estimate of drug-likeness (QED) is 0.274. The van der Waals surface area contributed by atoms with Crippen molar-refractivity contribution in [1.29, 1.82) is 0 Å². The van der Waals surface area contributed by atoms with E-state index in [1.165, 1.54) is 29.5 Å². The summed E-state index contributed by atoms with van der Waals surface area (Å²) in [5.74, 6) is -6.70. The number of esters is 1. The van der Waals surface area contributed by atoms with Gasteiger partial charge < -0.3 is 14.2 Å². The number of carbonyl (C=O) groups excluding carboxylic acids is 1. The Morgan fingerprint density at radius 1 is 1.27 bits per heavy atom. The summed E-state index contributed by atoms with van der Waals surface area (Å²) in [7, 11) is 2.06. The Morgan fingerprint density at radius 2 is 1.85 bits per heavy atom. The van der Waals surface area contributed by atoms with Crippen LogP contribution in [0.3, 0.4) is 0 Å². The Balaban J connectivity index is 2.71. The van der Waals surface area contributed by atoms with Crippen LogP contribution < -0.4 is 4.74 Å². The highest BCUT2D eigenvalue weighted by atomic mass is 127. The average Bonchev–Trinajstić information content (AvgIpc) is 2.84. The first-order valence-electron chi connectivity index (χ1n) is 7.44. The van der Waals surface area contributed by atoms with Gasteiger partial charge in [0.25, 0.3) is 0 Å². The van der Waals surface area contributed by atoms with E-state index in [4.69, 9.17) is 9.47 Å². The van der Waals surface area contributed by atoms with Crippen molar-refractivity contribution in [3.8, 4) is 5.75 Å². The first-order chi connectivity index (χ1) is 11.9. The molecule has 0 bridgehead atoms. The monoisotopic (exact) mass is 494 g/mol. The lowest BCUT2D eigenvalue weighted by atomic mass is 9.77. The van der Waals surface area contributed by atoms with E-state index in [9.17, 15) is 26.7 Å². The fourth-order valence-corrected chi connectivity index (χ4v) is 3.74. The lowest BCUT2D eigenvalue weighted by molar-refractivity contribution is -0.274. The van der Waals surface area contributed by atoms with Crippen molar-refractivity contribution >= 4 is 28.6 Å². The minimum Gasteiger partial charge on any atom is -0.493 e. The molecule has 0 N–H and O–H groups in total. The van der Waals surface area contributed by atoms with E-state index in [0.29, 0.717) is 0 Å². The van der Waals surface area contributed by atoms with Crippen molar-refractivity contribution in [2.75, 3.05) is 14.2 Å². The minimum absolute atomic E-state index is 0.0910. The van der Waals surface area contributed by atoms with Gasteiger partial charge in [0.1, 0.15) is 0 Å². The zero-order valence-corrected chi connectivity index (χ0v) is 16.4. The van der Waals surface area contributed by atoms with Gasteiger partial charge in [-0.2, -0.15) is 17.6 Å². The van der Waals surface area contributed by atoms with Crippen LogP contribution in [0.2, 0.25) is 0 Å². The summed E-state index contributed by atoms with van der Waals surface area (Å²) in [6.07, 6.45) is -6.46. The summed E-state index contributed by atoms with van der Waals surface area (Å²) in [5, 5.41) is 0. The molecule has 4 atom stereocenters. The molecule has 0 saturated carbocycles. The van der Waals surface area contributed by atoms with Crippen LogP contribution in [0.1, 0.15) is 25.3 Å². The number of hydrogen-bond donors (Lipinski definition) is 0. The molecule has 0 aromatic heterocycles. The molecule has 0 unspecified atom stereocenters. The number of benzene rings is 1. The fraction of sp³-hybridized carbons (Fsp3) is 0.562. The van der Waals surface area contributed by atoms with Crippen LogP contribution in [-0.4, -0.2) is 38.1 Å². The van der Waals surface area contributed by atoms with Gasteiger partial charge in [-0.15, -0.1) is 0 Å². The van der Waals surface area contributed by atoms with Crippen LogP contribution in [0, 0.1) is 21.1 Å². The summed E-state index contributed by atoms with van der Waals surface area (Å²) in [6.45, 7) is 2.04. The van der Waals surface area contributed by atoms with E-state index in [1.54, 1.807) is 0 Å². The van der Waals surface area contributed by atoms with Crippen LogP contribution in [0.5, 0.6) is 5.75 Å². The Morgan fingerprint density at radius 3 is 2.31 bits per heavy atom. The lowest BCUT2D eigenvalue weighted by Gasteiger charge is -2.32. The van der Waals surface area contributed by atoms with Crippen molar-refractivity contribution in [1.82, 2.24) is 0 Å². The summed E-state index contributed by atoms with van der Waals surface area (Å²) >= 11 is 1.51. The van der Waals surface area contributed by atoms with Gasteiger partial charge in [0.05, 0.1) is 17.8 Å². The summed E-state index contributed by atoms with van der Waals surface area (Å²) in [6, 6.07) is 1.15. The molecule has 0 radical (unpaired) electrons. The van der Waals surface area contributed by atoms with Gasteiger partial charge in [0, 0.05) is 17.4 Å². The Hall–Kier alpha value is -1.17. The highest BCUT2D eigenvalue weighted by molar-refractivity contribution is 14.1. The van der Waals surface area contributed by atoms with Crippen molar-refractivity contribution in [2.45, 2.75) is 37.6 Å². The van der Waals surface area contributed by atoms with Gasteiger partial charge in [-0.25, -0.2) is 9.18 Å². The molecule has 1 aromatic carbocycles. The maximum absolute atomic E-state index is 14.3. The van der Waals surface area contributed by atoms with Gasteiger partial charge in [0.2, 0.25) is 5.82 Å². The molecule has 0 spiro atoms. The highest BCUT2D eigenvalue weighted by Gasteiger charge is 2.66. The Bertz CT molecular complexity index is 724. The van der Waals surface area contributed by atoms with E-state index >= 15 is 0 Å². The molecule has 1 aromatic rings. The average molecular weight is 494 g/mol. The Labute approximate surface area is 160 Å². The molecule has 1 aliphatic heterocycles. The van der Waals surface area contributed by atoms with Gasteiger partial charge >= 0.3 is 12.1 Å². The zero-order chi connectivity index (χ0) is 20.0. The molecule has 0 amide bonds. The van der Waals surface area contributed by atoms with Crippen LogP contribution >= 0.6 is 22.6 Å². The molecule has 4 nitrogen and oxygen atoms in total. The third-order valence-corrected chi connectivity index (χ3v) is 5.60. The number of methoxy groups -OCH3 is 2. The number of rotatable bonds is 3. The Kier molecular flexibility index (Phi) is 5.77. The van der Waals surface area contributed by atoms with Crippen molar-refractivity contribution in [3.63, 3.8) is 0 Å². The fourth-order valence-electron chi connectivity index (χ4n) is 3.17. The molecule has 1 fully saturated rings. The van der Waals surface area contributed by atoms with E-state index < -0.39 is 53.1 Å². The van der Waals surface area contributed by atoms with Gasteiger partial charge in [-0.1, -0.05) is 6.92 Å². The van der Waals surface area contributed by atoms with Crippen LogP contribution in [-0.2, 0) is 14.3 Å². The summed E-state index contributed by atoms with van der Waals surface area (Å²) in [4.78, 5) is 12.1. The van der Waals surface area contributed by atoms with E-state index in [0.717, 1.165) is 27.2 Å². The second-order valence-corrected chi connectivity index (χ2v) is 7.25. The van der Waals surface area contributed by atoms with Gasteiger partial charge in [-0.05, 0) is 35.6 Å². The minimum atomic E-state index is -4.80. The van der Waals surface area contributed by atoms with Crippen LogP contribution in [0.25, 0.3) is 0 Å². The van der Waals surface area contributed by atoms with Gasteiger partial charge in [-0.3, -0.25) is 0 Å². The highest BCUT2D eigenvalue weighted by Crippen LogP contribution is 2.55. The SMILES string of the molecule is COC(=O)[C@H]1O[C@](C)(C(F)(F)F)[C@@H](C)[C@H]1c1cc(I)c(F)c(F)c1OC. The number of carbonyl (C=O) groups is 1. The second kappa shape index (κ2) is 7.10.